The van der Waals surface area contributed by atoms with Crippen LogP contribution in [0.3, 0.4) is 0 Å². The number of nitrogens with zero attached hydrogens (tertiary/aromatic N) is 3. The summed E-state index contributed by atoms with van der Waals surface area (Å²) in [6.45, 7) is 5.62. The Balaban J connectivity index is 2.29. The highest BCUT2D eigenvalue weighted by molar-refractivity contribution is 7.98. The van der Waals surface area contributed by atoms with E-state index < -0.39 is 11.6 Å². The summed E-state index contributed by atoms with van der Waals surface area (Å²) in [5.41, 5.74) is 1.29. The van der Waals surface area contributed by atoms with Gasteiger partial charge in [-0.2, -0.15) is 5.10 Å². The molecule has 0 atom stereocenters. The molecular weight excluding hydrogens is 298 g/mol. The van der Waals surface area contributed by atoms with Crippen LogP contribution in [-0.2, 0) is 12.8 Å². The van der Waals surface area contributed by atoms with Gasteiger partial charge in [-0.1, -0.05) is 42.1 Å². The van der Waals surface area contributed by atoms with Gasteiger partial charge in [0.25, 0.3) is 0 Å². The Morgan fingerprint density at radius 2 is 1.95 bits per heavy atom. The molecule has 5 nitrogen and oxygen atoms in total. The van der Waals surface area contributed by atoms with Gasteiger partial charge in [-0.3, -0.25) is 9.58 Å². The summed E-state index contributed by atoms with van der Waals surface area (Å²) in [5.74, 6) is 0.769. The molecule has 0 saturated carbocycles. The van der Waals surface area contributed by atoms with E-state index in [1.54, 1.807) is 22.6 Å². The van der Waals surface area contributed by atoms with Crippen LogP contribution in [0.1, 0.15) is 26.3 Å². The molecule has 1 N–H and O–H groups in total. The number of rotatable bonds is 4. The zero-order valence-corrected chi connectivity index (χ0v) is 14.1. The summed E-state index contributed by atoms with van der Waals surface area (Å²) < 4.78 is 1.73. The van der Waals surface area contributed by atoms with E-state index in [0.29, 0.717) is 5.69 Å². The monoisotopic (exact) mass is 319 g/mol. The smallest absolute Gasteiger partial charge is 0.412 e. The van der Waals surface area contributed by atoms with Crippen LogP contribution in [0.15, 0.2) is 41.6 Å². The maximum atomic E-state index is 11.7. The van der Waals surface area contributed by atoms with E-state index in [9.17, 15) is 9.90 Å². The fourth-order valence-electron chi connectivity index (χ4n) is 2.21. The van der Waals surface area contributed by atoms with E-state index >= 15 is 0 Å². The predicted octanol–water partition coefficient (Wildman–Crippen LogP) is 4.00. The predicted molar refractivity (Wildman–Crippen MR) is 89.5 cm³/mol. The zero-order chi connectivity index (χ0) is 16.3. The topological polar surface area (TPSA) is 58.4 Å². The maximum absolute atomic E-state index is 11.7. The highest BCUT2D eigenvalue weighted by Gasteiger charge is 2.31. The molecule has 0 aliphatic rings. The van der Waals surface area contributed by atoms with Crippen molar-refractivity contribution < 1.29 is 9.90 Å². The fourth-order valence-corrected chi connectivity index (χ4v) is 3.23. The average Bonchev–Trinajstić information content (AvgIpc) is 2.77. The van der Waals surface area contributed by atoms with Crippen LogP contribution in [0.25, 0.3) is 0 Å². The lowest BCUT2D eigenvalue weighted by Crippen LogP contribution is -2.45. The molecular formula is C16H21N3O2S. The number of benzene rings is 1. The Morgan fingerprint density at radius 3 is 2.50 bits per heavy atom. The van der Waals surface area contributed by atoms with Gasteiger partial charge < -0.3 is 5.11 Å². The van der Waals surface area contributed by atoms with Crippen LogP contribution in [0.5, 0.6) is 0 Å². The Morgan fingerprint density at radius 1 is 1.32 bits per heavy atom. The standard InChI is InChI=1S/C16H21N3O2S/c1-16(2,3)19(15(20)21)13-10-17-18(4)14(13)22-11-12-8-6-5-7-9-12/h5-10H,11H2,1-4H3,(H,20,21). The minimum absolute atomic E-state index is 0.531. The van der Waals surface area contributed by atoms with Gasteiger partial charge in [0.15, 0.2) is 0 Å². The molecule has 0 aliphatic heterocycles. The molecule has 0 bridgehead atoms. The quantitative estimate of drug-likeness (QED) is 0.866. The molecule has 1 aromatic heterocycles. The minimum atomic E-state index is -0.970. The van der Waals surface area contributed by atoms with Crippen molar-refractivity contribution in [3.05, 3.63) is 42.1 Å². The van der Waals surface area contributed by atoms with Crippen LogP contribution in [0, 0.1) is 0 Å². The molecule has 0 unspecified atom stereocenters. The van der Waals surface area contributed by atoms with Crippen LogP contribution in [0.2, 0.25) is 0 Å². The number of anilines is 1. The van der Waals surface area contributed by atoms with E-state index in [1.807, 2.05) is 46.0 Å². The second kappa shape index (κ2) is 6.44. The van der Waals surface area contributed by atoms with Crippen LogP contribution >= 0.6 is 11.8 Å². The normalized spacial score (nSPS) is 11.5. The highest BCUT2D eigenvalue weighted by atomic mass is 32.2. The molecule has 1 heterocycles. The second-order valence-corrected chi connectivity index (χ2v) is 6.99. The van der Waals surface area contributed by atoms with Gasteiger partial charge in [0.05, 0.1) is 11.9 Å². The number of hydrogen-bond acceptors (Lipinski definition) is 3. The summed E-state index contributed by atoms with van der Waals surface area (Å²) in [5, 5.41) is 14.6. The van der Waals surface area contributed by atoms with Gasteiger partial charge >= 0.3 is 6.09 Å². The number of carbonyl (C=O) groups is 1. The molecule has 22 heavy (non-hydrogen) atoms. The molecule has 0 saturated heterocycles. The third kappa shape index (κ3) is 3.62. The molecule has 0 fully saturated rings. The first-order valence-corrected chi connectivity index (χ1v) is 8.01. The van der Waals surface area contributed by atoms with Crippen molar-refractivity contribution in [3.8, 4) is 0 Å². The van der Waals surface area contributed by atoms with Crippen molar-refractivity contribution in [1.29, 1.82) is 0 Å². The second-order valence-electron chi connectivity index (χ2n) is 6.02. The summed E-state index contributed by atoms with van der Waals surface area (Å²) in [7, 11) is 1.83. The van der Waals surface area contributed by atoms with E-state index in [4.69, 9.17) is 0 Å². The number of aromatic nitrogens is 2. The van der Waals surface area contributed by atoms with Gasteiger partial charge in [-0.05, 0) is 26.3 Å². The lowest BCUT2D eigenvalue weighted by molar-refractivity contribution is 0.195. The first-order valence-electron chi connectivity index (χ1n) is 7.02. The Hall–Kier alpha value is -1.95. The third-order valence-electron chi connectivity index (χ3n) is 3.19. The highest BCUT2D eigenvalue weighted by Crippen LogP contribution is 2.35. The lowest BCUT2D eigenvalue weighted by atomic mass is 10.1. The van der Waals surface area contributed by atoms with E-state index in [0.717, 1.165) is 10.8 Å². The summed E-state index contributed by atoms with van der Waals surface area (Å²) >= 11 is 1.59. The molecule has 0 spiro atoms. The molecule has 0 aliphatic carbocycles. The lowest BCUT2D eigenvalue weighted by Gasteiger charge is -2.32. The van der Waals surface area contributed by atoms with Gasteiger partial charge in [-0.15, -0.1) is 0 Å². The third-order valence-corrected chi connectivity index (χ3v) is 4.41. The number of carboxylic acid groups (broad SMARTS) is 1. The Kier molecular flexibility index (Phi) is 4.81. The summed E-state index contributed by atoms with van der Waals surface area (Å²) in [4.78, 5) is 13.0. The average molecular weight is 319 g/mol. The van der Waals surface area contributed by atoms with Crippen LogP contribution in [0.4, 0.5) is 10.5 Å². The molecule has 1 amide bonds. The van der Waals surface area contributed by atoms with Gasteiger partial charge in [0, 0.05) is 18.3 Å². The van der Waals surface area contributed by atoms with E-state index in [1.165, 1.54) is 10.5 Å². The molecule has 2 aromatic rings. The van der Waals surface area contributed by atoms with Crippen molar-refractivity contribution in [1.82, 2.24) is 9.78 Å². The zero-order valence-electron chi connectivity index (χ0n) is 13.3. The Bertz CT molecular complexity index is 647. The molecule has 2 rings (SSSR count). The van der Waals surface area contributed by atoms with E-state index in [2.05, 4.69) is 17.2 Å². The number of hydrogen-bond donors (Lipinski definition) is 1. The van der Waals surface area contributed by atoms with Crippen LogP contribution in [-0.4, -0.2) is 26.5 Å². The Labute approximate surface area is 134 Å². The fraction of sp³-hybridized carbons (Fsp3) is 0.375. The molecule has 6 heteroatoms. The summed E-state index contributed by atoms with van der Waals surface area (Å²) in [6, 6.07) is 10.1. The first-order chi connectivity index (χ1) is 10.3. The minimum Gasteiger partial charge on any atom is -0.465 e. The molecule has 118 valence electrons. The van der Waals surface area contributed by atoms with Crippen molar-refractivity contribution >= 4 is 23.5 Å². The number of thioether (sulfide) groups is 1. The van der Waals surface area contributed by atoms with Crippen molar-refractivity contribution in [2.45, 2.75) is 37.1 Å². The van der Waals surface area contributed by atoms with Crippen molar-refractivity contribution in [3.63, 3.8) is 0 Å². The van der Waals surface area contributed by atoms with Crippen molar-refractivity contribution in [2.24, 2.45) is 7.05 Å². The van der Waals surface area contributed by atoms with Gasteiger partial charge in [-0.25, -0.2) is 4.79 Å². The van der Waals surface area contributed by atoms with E-state index in [-0.39, 0.29) is 0 Å². The molecule has 1 aromatic carbocycles. The van der Waals surface area contributed by atoms with Gasteiger partial charge in [0.1, 0.15) is 5.03 Å². The summed E-state index contributed by atoms with van der Waals surface area (Å²) in [6.07, 6.45) is 0.647. The van der Waals surface area contributed by atoms with Crippen LogP contribution < -0.4 is 4.90 Å². The van der Waals surface area contributed by atoms with Crippen molar-refractivity contribution in [2.75, 3.05) is 4.90 Å². The maximum Gasteiger partial charge on any atom is 0.412 e. The molecule has 0 radical (unpaired) electrons. The largest absolute Gasteiger partial charge is 0.465 e. The number of aryl methyl sites for hydroxylation is 1. The first kappa shape index (κ1) is 16.4. The SMILES string of the molecule is Cn1ncc(N(C(=O)O)C(C)(C)C)c1SCc1ccccc1. The van der Waals surface area contributed by atoms with Gasteiger partial charge in [0.2, 0.25) is 0 Å². The number of amides is 1.